The minimum Gasteiger partial charge on any atom is -0.465 e. The summed E-state index contributed by atoms with van der Waals surface area (Å²) in [7, 11) is 0. The average Bonchev–Trinajstić information content (AvgIpc) is 3.51. The first kappa shape index (κ1) is 22.0. The van der Waals surface area contributed by atoms with Gasteiger partial charge in [-0.1, -0.05) is 12.1 Å². The molecule has 1 aliphatic heterocycles. The maximum atomic E-state index is 6.06. The Morgan fingerprint density at radius 2 is 1.90 bits per heavy atom. The molecule has 0 aliphatic carbocycles. The summed E-state index contributed by atoms with van der Waals surface area (Å²) < 4.78 is 18.7. The van der Waals surface area contributed by atoms with Crippen molar-refractivity contribution in [3.8, 4) is 10.8 Å². The van der Waals surface area contributed by atoms with Crippen LogP contribution in [0.25, 0.3) is 21.0 Å². The number of benzene rings is 1. The highest BCUT2D eigenvalue weighted by Crippen LogP contribution is 2.31. The van der Waals surface area contributed by atoms with Gasteiger partial charge < -0.3 is 18.9 Å². The van der Waals surface area contributed by atoms with E-state index in [4.69, 9.17) is 13.6 Å². The Kier molecular flexibility index (Phi) is 7.09. The fourth-order valence-electron chi connectivity index (χ4n) is 3.83. The predicted octanol–water partition coefficient (Wildman–Crippen LogP) is 5.04. The second-order valence-corrected chi connectivity index (χ2v) is 8.53. The van der Waals surface area contributed by atoms with Gasteiger partial charge in [-0.15, -0.1) is 23.7 Å². The maximum Gasteiger partial charge on any atom is 0.163 e. The van der Waals surface area contributed by atoms with E-state index < -0.39 is 0 Å². The van der Waals surface area contributed by atoms with Crippen molar-refractivity contribution >= 4 is 34.0 Å². The molecule has 6 nitrogen and oxygen atoms in total. The fourth-order valence-corrected chi connectivity index (χ4v) is 4.76. The third-order valence-corrected chi connectivity index (χ3v) is 6.43. The van der Waals surface area contributed by atoms with Crippen LogP contribution >= 0.6 is 23.7 Å². The molecule has 1 aliphatic rings. The molecular weight excluding hydrogens is 434 g/mol. The van der Waals surface area contributed by atoms with Gasteiger partial charge in [0.25, 0.3) is 0 Å². The van der Waals surface area contributed by atoms with Crippen LogP contribution in [0.1, 0.15) is 23.3 Å². The summed E-state index contributed by atoms with van der Waals surface area (Å²) in [6.45, 7) is 6.78. The van der Waals surface area contributed by atoms with Crippen LogP contribution in [0, 0.1) is 6.92 Å². The van der Waals surface area contributed by atoms with Crippen molar-refractivity contribution in [3.63, 3.8) is 0 Å². The Bertz CT molecular complexity index is 1080. The van der Waals surface area contributed by atoms with Gasteiger partial charge in [0.15, 0.2) is 10.8 Å². The molecule has 1 atom stereocenters. The van der Waals surface area contributed by atoms with Crippen LogP contribution in [0.4, 0.5) is 0 Å². The number of ether oxygens (including phenoxy) is 1. The Hall–Kier alpha value is -2.16. The van der Waals surface area contributed by atoms with Crippen LogP contribution in [0.15, 0.2) is 57.4 Å². The third-order valence-electron chi connectivity index (χ3n) is 5.38. The Morgan fingerprint density at radius 1 is 1.06 bits per heavy atom. The fraction of sp³-hybridized carbons (Fsp3) is 0.348. The summed E-state index contributed by atoms with van der Waals surface area (Å²) in [5.74, 6) is 3.66. The molecule has 1 aromatic carbocycles. The molecule has 4 aromatic rings. The van der Waals surface area contributed by atoms with Crippen LogP contribution in [-0.4, -0.2) is 42.7 Å². The highest BCUT2D eigenvalue weighted by Gasteiger charge is 2.25. The van der Waals surface area contributed by atoms with Crippen LogP contribution in [0.5, 0.6) is 0 Å². The first-order chi connectivity index (χ1) is 14.8. The lowest BCUT2D eigenvalue weighted by Crippen LogP contribution is -2.42. The van der Waals surface area contributed by atoms with Gasteiger partial charge in [-0.3, -0.25) is 4.90 Å². The number of morpholine rings is 1. The summed E-state index contributed by atoms with van der Waals surface area (Å²) in [4.78, 5) is 7.10. The van der Waals surface area contributed by atoms with E-state index in [-0.39, 0.29) is 18.4 Å². The van der Waals surface area contributed by atoms with E-state index in [1.54, 1.807) is 11.3 Å². The normalized spacial score (nSPS) is 15.8. The topological polar surface area (TPSA) is 63.7 Å². The second-order valence-electron chi connectivity index (χ2n) is 7.50. The van der Waals surface area contributed by atoms with Crippen LogP contribution in [0.3, 0.4) is 0 Å². The molecular formula is C23H26ClN3O3S. The number of para-hydroxylation sites is 1. The lowest BCUT2D eigenvalue weighted by atomic mass is 10.1. The van der Waals surface area contributed by atoms with Crippen molar-refractivity contribution in [2.24, 2.45) is 0 Å². The van der Waals surface area contributed by atoms with Crippen molar-refractivity contribution in [2.45, 2.75) is 19.5 Å². The van der Waals surface area contributed by atoms with E-state index in [9.17, 15) is 0 Å². The van der Waals surface area contributed by atoms with Crippen molar-refractivity contribution in [2.75, 3.05) is 32.8 Å². The first-order valence-electron chi connectivity index (χ1n) is 10.3. The molecule has 3 aromatic heterocycles. The monoisotopic (exact) mass is 459 g/mol. The third kappa shape index (κ3) is 5.02. The van der Waals surface area contributed by atoms with Crippen molar-refractivity contribution in [1.29, 1.82) is 0 Å². The maximum absolute atomic E-state index is 6.06. The average molecular weight is 460 g/mol. The van der Waals surface area contributed by atoms with Crippen LogP contribution in [-0.2, 0) is 11.3 Å². The summed E-state index contributed by atoms with van der Waals surface area (Å²) in [5.41, 5.74) is 1.01. The first-order valence-corrected chi connectivity index (χ1v) is 11.1. The number of nitrogens with zero attached hydrogens (tertiary/aromatic N) is 2. The van der Waals surface area contributed by atoms with Gasteiger partial charge in [0.05, 0.1) is 36.0 Å². The summed E-state index contributed by atoms with van der Waals surface area (Å²) in [5, 5.41) is 4.46. The van der Waals surface area contributed by atoms with Crippen LogP contribution in [0.2, 0.25) is 0 Å². The predicted molar refractivity (Wildman–Crippen MR) is 125 cm³/mol. The number of thiazole rings is 1. The Morgan fingerprint density at radius 3 is 2.68 bits per heavy atom. The largest absolute Gasteiger partial charge is 0.465 e. The second kappa shape index (κ2) is 9.97. The van der Waals surface area contributed by atoms with E-state index in [0.29, 0.717) is 6.54 Å². The van der Waals surface area contributed by atoms with Crippen molar-refractivity contribution in [1.82, 2.24) is 15.2 Å². The van der Waals surface area contributed by atoms with Gasteiger partial charge in [0.1, 0.15) is 17.3 Å². The summed E-state index contributed by atoms with van der Waals surface area (Å²) in [6, 6.07) is 16.5. The van der Waals surface area contributed by atoms with Gasteiger partial charge >= 0.3 is 0 Å². The summed E-state index contributed by atoms with van der Waals surface area (Å²) in [6.07, 6.45) is 0. The molecule has 1 fully saturated rings. The van der Waals surface area contributed by atoms with Gasteiger partial charge in [-0.2, -0.15) is 0 Å². The number of nitrogens with one attached hydrogen (secondary N) is 1. The molecule has 0 radical (unpaired) electrons. The number of rotatable bonds is 7. The number of halogens is 1. The zero-order valence-electron chi connectivity index (χ0n) is 17.4. The Balaban J connectivity index is 0.00000231. The van der Waals surface area contributed by atoms with Crippen molar-refractivity contribution in [3.05, 3.63) is 65.8 Å². The molecule has 31 heavy (non-hydrogen) atoms. The zero-order chi connectivity index (χ0) is 20.3. The Labute approximate surface area is 191 Å². The minimum absolute atomic E-state index is 0. The molecule has 1 saturated heterocycles. The van der Waals surface area contributed by atoms with E-state index in [2.05, 4.69) is 27.3 Å². The van der Waals surface area contributed by atoms with Gasteiger partial charge in [-0.25, -0.2) is 4.98 Å². The number of furan rings is 2. The highest BCUT2D eigenvalue weighted by atomic mass is 35.5. The zero-order valence-corrected chi connectivity index (χ0v) is 19.0. The lowest BCUT2D eigenvalue weighted by Gasteiger charge is -2.33. The molecule has 8 heteroatoms. The number of hydrogen-bond donors (Lipinski definition) is 1. The van der Waals surface area contributed by atoms with Gasteiger partial charge in [0.2, 0.25) is 0 Å². The van der Waals surface area contributed by atoms with Gasteiger partial charge in [-0.05, 0) is 43.3 Å². The number of aryl methyl sites for hydroxylation is 1. The van der Waals surface area contributed by atoms with Crippen molar-refractivity contribution < 1.29 is 13.6 Å². The van der Waals surface area contributed by atoms with Gasteiger partial charge in [0, 0.05) is 19.6 Å². The molecule has 0 bridgehead atoms. The molecule has 1 unspecified atom stereocenters. The molecule has 1 N–H and O–H groups in total. The minimum atomic E-state index is 0. The highest BCUT2D eigenvalue weighted by molar-refractivity contribution is 7.21. The smallest absolute Gasteiger partial charge is 0.163 e. The SMILES string of the molecule is Cc1ccc(C(CNCc2ccc(-c3nc4ccccc4s3)o2)N2CCOCC2)o1.Cl. The number of fused-ring (bicyclic) bond motifs is 1. The number of hydrogen-bond acceptors (Lipinski definition) is 7. The van der Waals surface area contributed by atoms with E-state index >= 15 is 0 Å². The van der Waals surface area contributed by atoms with Crippen LogP contribution < -0.4 is 5.32 Å². The standard InChI is InChI=1S/C23H25N3O3S.ClH/c1-16-6-8-20(28-16)19(26-10-12-27-13-11-26)15-24-14-17-7-9-21(29-17)23-25-18-4-2-3-5-22(18)30-23;/h2-9,19,24H,10-15H2,1H3;1H. The summed E-state index contributed by atoms with van der Waals surface area (Å²) >= 11 is 1.65. The van der Waals surface area contributed by atoms with E-state index in [1.807, 2.05) is 43.3 Å². The number of aromatic nitrogens is 1. The molecule has 0 amide bonds. The molecule has 4 heterocycles. The molecule has 0 spiro atoms. The molecule has 0 saturated carbocycles. The quantitative estimate of drug-likeness (QED) is 0.417. The molecule has 5 rings (SSSR count). The molecule has 164 valence electrons. The lowest BCUT2D eigenvalue weighted by molar-refractivity contribution is 0.0114. The van der Waals surface area contributed by atoms with E-state index in [0.717, 1.165) is 66.4 Å². The van der Waals surface area contributed by atoms with E-state index in [1.165, 1.54) is 4.70 Å².